The molecule has 2 N–H and O–H groups in total. The number of thiophene rings is 1. The van der Waals surface area contributed by atoms with Gasteiger partial charge in [0.2, 0.25) is 5.95 Å². The number of ether oxygens (including phenoxy) is 2. The Labute approximate surface area is 210 Å². The number of hydrogen-bond donors (Lipinski definition) is 2. The fourth-order valence-corrected chi connectivity index (χ4v) is 4.81. The molecule has 184 valence electrons. The van der Waals surface area contributed by atoms with Gasteiger partial charge in [-0.2, -0.15) is 0 Å². The zero-order valence-electron chi connectivity index (χ0n) is 19.9. The van der Waals surface area contributed by atoms with Gasteiger partial charge in [-0.05, 0) is 31.6 Å². The van der Waals surface area contributed by atoms with Gasteiger partial charge in [-0.1, -0.05) is 17.4 Å². The Bertz CT molecular complexity index is 1510. The standard InChI is InChI=1S/C25H24N6O4S/c1-25(8-6-15(7-9-25)23(32)33)31-13-19(29-30-31)18-14-36-21-12-27-24(28-22(18)21)26-11-16-4-5-17(34-2)10-20(16)35-3/h4-8,10,12-14H,9,11H2,1-3H3,(H,32,33)(H,26,27,28). The van der Waals surface area contributed by atoms with Gasteiger partial charge in [0.05, 0.1) is 47.9 Å². The van der Waals surface area contributed by atoms with Crippen molar-refractivity contribution in [1.82, 2.24) is 25.0 Å². The molecule has 0 amide bonds. The molecule has 1 aliphatic rings. The van der Waals surface area contributed by atoms with Crippen LogP contribution in [0, 0.1) is 0 Å². The Kier molecular flexibility index (Phi) is 6.15. The Morgan fingerprint density at radius 3 is 2.89 bits per heavy atom. The Hall–Kier alpha value is -4.25. The van der Waals surface area contributed by atoms with Crippen molar-refractivity contribution in [3.63, 3.8) is 0 Å². The first kappa shape index (κ1) is 23.5. The van der Waals surface area contributed by atoms with Gasteiger partial charge in [-0.25, -0.2) is 19.4 Å². The van der Waals surface area contributed by atoms with Crippen molar-refractivity contribution in [2.75, 3.05) is 19.5 Å². The first-order valence-corrected chi connectivity index (χ1v) is 12.0. The number of carbonyl (C=O) groups is 1. The molecular formula is C25H24N6O4S. The molecule has 3 aromatic heterocycles. The molecule has 0 saturated heterocycles. The summed E-state index contributed by atoms with van der Waals surface area (Å²) in [5.41, 5.74) is 3.05. The largest absolute Gasteiger partial charge is 0.497 e. The molecule has 5 rings (SSSR count). The van der Waals surface area contributed by atoms with E-state index in [1.54, 1.807) is 37.3 Å². The van der Waals surface area contributed by atoms with Crippen molar-refractivity contribution >= 4 is 33.5 Å². The van der Waals surface area contributed by atoms with E-state index < -0.39 is 11.5 Å². The molecule has 0 saturated carbocycles. The summed E-state index contributed by atoms with van der Waals surface area (Å²) in [7, 11) is 3.24. The Morgan fingerprint density at radius 2 is 2.17 bits per heavy atom. The Morgan fingerprint density at radius 1 is 1.31 bits per heavy atom. The summed E-state index contributed by atoms with van der Waals surface area (Å²) in [6.07, 6.45) is 9.31. The lowest BCUT2D eigenvalue weighted by Crippen LogP contribution is -2.29. The summed E-state index contributed by atoms with van der Waals surface area (Å²) < 4.78 is 13.4. The van der Waals surface area contributed by atoms with Gasteiger partial charge in [-0.3, -0.25) is 0 Å². The molecule has 0 spiro atoms. The number of aliphatic carboxylic acids is 1. The van der Waals surface area contributed by atoms with Crippen LogP contribution >= 0.6 is 11.3 Å². The second-order valence-electron chi connectivity index (χ2n) is 8.49. The number of nitrogens with one attached hydrogen (secondary N) is 1. The van der Waals surface area contributed by atoms with Gasteiger partial charge >= 0.3 is 5.97 Å². The number of carboxylic acids is 1. The molecular weight excluding hydrogens is 480 g/mol. The third-order valence-corrected chi connectivity index (χ3v) is 7.05. The SMILES string of the molecule is COc1ccc(CNc2ncc3scc(-c4cn(C5(C)C=CC(C(=O)O)=CC5)nn4)c3n2)c(OC)c1. The van der Waals surface area contributed by atoms with E-state index in [1.165, 1.54) is 11.3 Å². The molecule has 10 nitrogen and oxygen atoms in total. The summed E-state index contributed by atoms with van der Waals surface area (Å²) in [6.45, 7) is 2.46. The third kappa shape index (κ3) is 4.40. The smallest absolute Gasteiger partial charge is 0.335 e. The summed E-state index contributed by atoms with van der Waals surface area (Å²) >= 11 is 1.54. The highest BCUT2D eigenvalue weighted by Crippen LogP contribution is 2.34. The lowest BCUT2D eigenvalue weighted by Gasteiger charge is -2.27. The van der Waals surface area contributed by atoms with Crippen LogP contribution in [0.3, 0.4) is 0 Å². The highest BCUT2D eigenvalue weighted by molar-refractivity contribution is 7.17. The number of allylic oxidation sites excluding steroid dienone is 2. The van der Waals surface area contributed by atoms with E-state index in [0.29, 0.717) is 30.4 Å². The zero-order chi connectivity index (χ0) is 25.3. The summed E-state index contributed by atoms with van der Waals surface area (Å²) in [4.78, 5) is 20.4. The summed E-state index contributed by atoms with van der Waals surface area (Å²) in [5, 5.41) is 23.2. The fourth-order valence-electron chi connectivity index (χ4n) is 3.95. The minimum Gasteiger partial charge on any atom is -0.497 e. The molecule has 0 fully saturated rings. The van der Waals surface area contributed by atoms with Gasteiger partial charge in [0, 0.05) is 29.1 Å². The lowest BCUT2D eigenvalue weighted by molar-refractivity contribution is -0.132. The van der Waals surface area contributed by atoms with E-state index in [0.717, 1.165) is 27.1 Å². The predicted octanol–water partition coefficient (Wildman–Crippen LogP) is 4.27. The lowest BCUT2D eigenvalue weighted by atomic mass is 9.90. The van der Waals surface area contributed by atoms with Crippen LogP contribution in [-0.4, -0.2) is 50.3 Å². The van der Waals surface area contributed by atoms with Crippen molar-refractivity contribution in [2.24, 2.45) is 0 Å². The minimum atomic E-state index is -0.938. The number of hydrogen-bond acceptors (Lipinski definition) is 9. The van der Waals surface area contributed by atoms with Crippen LogP contribution in [0.2, 0.25) is 0 Å². The average Bonchev–Trinajstić information content (AvgIpc) is 3.55. The highest BCUT2D eigenvalue weighted by atomic mass is 32.1. The Balaban J connectivity index is 1.38. The number of rotatable bonds is 8. The van der Waals surface area contributed by atoms with E-state index in [-0.39, 0.29) is 5.57 Å². The van der Waals surface area contributed by atoms with Gasteiger partial charge in [0.15, 0.2) is 0 Å². The van der Waals surface area contributed by atoms with Crippen molar-refractivity contribution in [3.8, 4) is 22.8 Å². The van der Waals surface area contributed by atoms with Crippen LogP contribution in [0.4, 0.5) is 5.95 Å². The number of fused-ring (bicyclic) bond motifs is 1. The molecule has 1 atom stereocenters. The molecule has 0 aliphatic heterocycles. The second-order valence-corrected chi connectivity index (χ2v) is 9.41. The monoisotopic (exact) mass is 504 g/mol. The molecule has 11 heteroatoms. The van der Waals surface area contributed by atoms with Gasteiger partial charge in [0.25, 0.3) is 0 Å². The maximum absolute atomic E-state index is 11.2. The van der Waals surface area contributed by atoms with E-state index in [4.69, 9.17) is 14.5 Å². The normalized spacial score (nSPS) is 17.1. The van der Waals surface area contributed by atoms with E-state index in [1.807, 2.05) is 42.8 Å². The predicted molar refractivity (Wildman–Crippen MR) is 136 cm³/mol. The van der Waals surface area contributed by atoms with Crippen LogP contribution in [-0.2, 0) is 16.9 Å². The summed E-state index contributed by atoms with van der Waals surface area (Å²) in [6, 6.07) is 5.65. The summed E-state index contributed by atoms with van der Waals surface area (Å²) in [5.74, 6) is 0.985. The zero-order valence-corrected chi connectivity index (χ0v) is 20.7. The second kappa shape index (κ2) is 9.42. The number of nitrogens with zero attached hydrogens (tertiary/aromatic N) is 5. The number of carboxylic acid groups (broad SMARTS) is 1. The van der Waals surface area contributed by atoms with Crippen LogP contribution < -0.4 is 14.8 Å². The van der Waals surface area contributed by atoms with Gasteiger partial charge in [-0.15, -0.1) is 16.4 Å². The van der Waals surface area contributed by atoms with Gasteiger partial charge < -0.3 is 19.9 Å². The van der Waals surface area contributed by atoms with E-state index in [9.17, 15) is 9.90 Å². The molecule has 0 bridgehead atoms. The van der Waals surface area contributed by atoms with Crippen LogP contribution in [0.1, 0.15) is 18.9 Å². The number of anilines is 1. The first-order valence-electron chi connectivity index (χ1n) is 11.1. The number of benzene rings is 1. The average molecular weight is 505 g/mol. The van der Waals surface area contributed by atoms with Crippen molar-refractivity contribution in [1.29, 1.82) is 0 Å². The molecule has 1 aliphatic carbocycles. The molecule has 4 aromatic rings. The van der Waals surface area contributed by atoms with E-state index >= 15 is 0 Å². The molecule has 1 unspecified atom stereocenters. The molecule has 3 heterocycles. The maximum Gasteiger partial charge on any atom is 0.335 e. The maximum atomic E-state index is 11.2. The van der Waals surface area contributed by atoms with Crippen LogP contribution in [0.25, 0.3) is 21.5 Å². The molecule has 36 heavy (non-hydrogen) atoms. The fraction of sp³-hybridized carbons (Fsp3) is 0.240. The minimum absolute atomic E-state index is 0.278. The molecule has 0 radical (unpaired) electrons. The van der Waals surface area contributed by atoms with Crippen molar-refractivity contribution in [3.05, 3.63) is 65.3 Å². The third-order valence-electron chi connectivity index (χ3n) is 6.14. The van der Waals surface area contributed by atoms with Crippen LogP contribution in [0.5, 0.6) is 11.5 Å². The first-order chi connectivity index (χ1) is 17.4. The number of aromatic nitrogens is 5. The quantitative estimate of drug-likeness (QED) is 0.362. The van der Waals surface area contributed by atoms with Crippen molar-refractivity contribution in [2.45, 2.75) is 25.4 Å². The highest BCUT2D eigenvalue weighted by Gasteiger charge is 2.28. The number of methoxy groups -OCH3 is 2. The topological polar surface area (TPSA) is 124 Å². The van der Waals surface area contributed by atoms with Crippen molar-refractivity contribution < 1.29 is 19.4 Å². The van der Waals surface area contributed by atoms with Gasteiger partial charge in [0.1, 0.15) is 17.2 Å². The molecule has 1 aromatic carbocycles. The van der Waals surface area contributed by atoms with Crippen LogP contribution in [0.15, 0.2) is 59.8 Å². The van der Waals surface area contributed by atoms with E-state index in [2.05, 4.69) is 20.6 Å².